The molecule has 0 spiro atoms. The number of carbonyl (C=O) groups is 1. The number of amides is 1. The van der Waals surface area contributed by atoms with E-state index in [1.807, 2.05) is 57.7 Å². The molecular formula is C23H31ClN2O3S2. The Labute approximate surface area is 195 Å². The number of aryl methyl sites for hydroxylation is 2. The molecule has 0 bridgehead atoms. The van der Waals surface area contributed by atoms with Crippen LogP contribution in [0.3, 0.4) is 0 Å². The second-order valence-electron chi connectivity index (χ2n) is 8.33. The molecule has 31 heavy (non-hydrogen) atoms. The maximum absolute atomic E-state index is 13.5. The molecule has 170 valence electrons. The van der Waals surface area contributed by atoms with E-state index >= 15 is 0 Å². The highest BCUT2D eigenvalue weighted by Gasteiger charge is 2.35. The zero-order chi connectivity index (χ0) is 22.9. The minimum absolute atomic E-state index is 0.0998. The molecule has 0 unspecified atom stereocenters. The standard InChI is InChI=1S/C23H31ClN2O3S2/c1-6-25(14-20-7-8-21(24)30-20)23(27)19-9-11-26(12-10-19)31(28,29)22-17(4)15(2)13-16(3)18(22)5/h7-8,13,19H,6,9-12,14H2,1-5H3. The van der Waals surface area contributed by atoms with Crippen LogP contribution in [0.1, 0.15) is 46.9 Å². The van der Waals surface area contributed by atoms with Gasteiger partial charge in [-0.25, -0.2) is 8.42 Å². The SMILES string of the molecule is CCN(Cc1ccc(Cl)s1)C(=O)C1CCN(S(=O)(=O)c2c(C)c(C)cc(C)c2C)CC1. The average Bonchev–Trinajstić information content (AvgIpc) is 3.15. The van der Waals surface area contributed by atoms with Gasteiger partial charge in [0.15, 0.2) is 0 Å². The minimum atomic E-state index is -3.59. The van der Waals surface area contributed by atoms with Crippen LogP contribution in [-0.4, -0.2) is 43.2 Å². The summed E-state index contributed by atoms with van der Waals surface area (Å²) in [5.74, 6) is -0.0499. The van der Waals surface area contributed by atoms with Crippen LogP contribution in [0, 0.1) is 33.6 Å². The molecule has 1 fully saturated rings. The van der Waals surface area contributed by atoms with Crippen molar-refractivity contribution in [1.82, 2.24) is 9.21 Å². The smallest absolute Gasteiger partial charge is 0.243 e. The number of benzene rings is 1. The van der Waals surface area contributed by atoms with Gasteiger partial charge >= 0.3 is 0 Å². The third-order valence-electron chi connectivity index (χ3n) is 6.37. The van der Waals surface area contributed by atoms with Crippen molar-refractivity contribution in [2.24, 2.45) is 5.92 Å². The summed E-state index contributed by atoms with van der Waals surface area (Å²) >= 11 is 7.50. The summed E-state index contributed by atoms with van der Waals surface area (Å²) in [4.78, 5) is 16.4. The van der Waals surface area contributed by atoms with Gasteiger partial charge in [-0.05, 0) is 81.8 Å². The normalized spacial score (nSPS) is 15.9. The Hall–Kier alpha value is -1.41. The number of nitrogens with zero attached hydrogens (tertiary/aromatic N) is 2. The van der Waals surface area contributed by atoms with Gasteiger partial charge in [0.1, 0.15) is 0 Å². The number of rotatable bonds is 6. The van der Waals surface area contributed by atoms with Crippen LogP contribution in [0.4, 0.5) is 0 Å². The molecule has 0 N–H and O–H groups in total. The van der Waals surface area contributed by atoms with Gasteiger partial charge in [0.05, 0.1) is 15.8 Å². The lowest BCUT2D eigenvalue weighted by Gasteiger charge is -2.34. The van der Waals surface area contributed by atoms with Gasteiger partial charge in [-0.3, -0.25) is 4.79 Å². The lowest BCUT2D eigenvalue weighted by Crippen LogP contribution is -2.44. The fourth-order valence-electron chi connectivity index (χ4n) is 4.27. The molecule has 1 amide bonds. The fourth-order valence-corrected chi connectivity index (χ4v) is 7.42. The zero-order valence-corrected chi connectivity index (χ0v) is 21.3. The predicted molar refractivity (Wildman–Crippen MR) is 127 cm³/mol. The number of halogens is 1. The molecule has 1 aliphatic heterocycles. The summed E-state index contributed by atoms with van der Waals surface area (Å²) in [6, 6.07) is 5.83. The molecule has 5 nitrogen and oxygen atoms in total. The first-order valence-electron chi connectivity index (χ1n) is 10.7. The van der Waals surface area contributed by atoms with E-state index in [-0.39, 0.29) is 11.8 Å². The highest BCUT2D eigenvalue weighted by molar-refractivity contribution is 7.89. The molecule has 0 saturated carbocycles. The summed E-state index contributed by atoms with van der Waals surface area (Å²) < 4.78 is 29.2. The van der Waals surface area contributed by atoms with Crippen LogP contribution < -0.4 is 0 Å². The lowest BCUT2D eigenvalue weighted by atomic mass is 9.96. The topological polar surface area (TPSA) is 57.7 Å². The van der Waals surface area contributed by atoms with Gasteiger partial charge in [0, 0.05) is 30.4 Å². The molecule has 8 heteroatoms. The number of carbonyl (C=O) groups excluding carboxylic acids is 1. The van der Waals surface area contributed by atoms with Gasteiger partial charge in [-0.15, -0.1) is 11.3 Å². The monoisotopic (exact) mass is 482 g/mol. The molecule has 0 aliphatic carbocycles. The van der Waals surface area contributed by atoms with E-state index in [9.17, 15) is 13.2 Å². The molecule has 1 aromatic carbocycles. The minimum Gasteiger partial charge on any atom is -0.338 e. The molecule has 3 rings (SSSR count). The predicted octanol–water partition coefficient (Wildman–Crippen LogP) is 5.08. The average molecular weight is 483 g/mol. The highest BCUT2D eigenvalue weighted by Crippen LogP contribution is 2.32. The van der Waals surface area contributed by atoms with E-state index in [0.29, 0.717) is 48.3 Å². The summed E-state index contributed by atoms with van der Waals surface area (Å²) in [7, 11) is -3.59. The number of hydrogen-bond acceptors (Lipinski definition) is 4. The van der Waals surface area contributed by atoms with Gasteiger partial charge in [-0.1, -0.05) is 17.7 Å². The van der Waals surface area contributed by atoms with E-state index in [1.165, 1.54) is 11.3 Å². The van der Waals surface area contributed by atoms with Crippen LogP contribution >= 0.6 is 22.9 Å². The zero-order valence-electron chi connectivity index (χ0n) is 18.9. The Morgan fingerprint density at radius 3 is 2.19 bits per heavy atom. The van der Waals surface area contributed by atoms with E-state index < -0.39 is 10.0 Å². The van der Waals surface area contributed by atoms with E-state index in [0.717, 1.165) is 27.1 Å². The number of sulfonamides is 1. The van der Waals surface area contributed by atoms with E-state index in [2.05, 4.69) is 0 Å². The van der Waals surface area contributed by atoms with Crippen molar-refractivity contribution in [2.75, 3.05) is 19.6 Å². The third-order valence-corrected chi connectivity index (χ3v) is 9.76. The number of piperidine rings is 1. The molecule has 1 aliphatic rings. The largest absolute Gasteiger partial charge is 0.338 e. The van der Waals surface area contributed by atoms with Crippen molar-refractivity contribution in [3.63, 3.8) is 0 Å². The maximum Gasteiger partial charge on any atom is 0.243 e. The Balaban J connectivity index is 1.72. The summed E-state index contributed by atoms with van der Waals surface area (Å²) in [5.41, 5.74) is 3.60. The Morgan fingerprint density at radius 1 is 1.13 bits per heavy atom. The van der Waals surface area contributed by atoms with Gasteiger partial charge in [-0.2, -0.15) is 4.31 Å². The van der Waals surface area contributed by atoms with Crippen molar-refractivity contribution in [2.45, 2.75) is 58.9 Å². The van der Waals surface area contributed by atoms with Crippen LogP contribution in [0.25, 0.3) is 0 Å². The summed E-state index contributed by atoms with van der Waals surface area (Å²) in [6.45, 7) is 11.5. The molecule has 0 atom stereocenters. The number of hydrogen-bond donors (Lipinski definition) is 0. The van der Waals surface area contributed by atoms with Crippen molar-refractivity contribution in [3.05, 3.63) is 49.7 Å². The first kappa shape index (κ1) is 24.2. The van der Waals surface area contributed by atoms with Gasteiger partial charge in [0.25, 0.3) is 0 Å². The summed E-state index contributed by atoms with van der Waals surface area (Å²) in [6.07, 6.45) is 1.09. The van der Waals surface area contributed by atoms with Crippen LogP contribution in [-0.2, 0) is 21.4 Å². The van der Waals surface area contributed by atoms with Crippen molar-refractivity contribution >= 4 is 38.9 Å². The first-order chi connectivity index (χ1) is 14.6. The Kier molecular flexibility index (Phi) is 7.51. The van der Waals surface area contributed by atoms with Crippen molar-refractivity contribution < 1.29 is 13.2 Å². The number of thiophene rings is 1. The van der Waals surface area contributed by atoms with Crippen molar-refractivity contribution in [3.8, 4) is 0 Å². The molecule has 2 aromatic rings. The molecule has 2 heterocycles. The first-order valence-corrected chi connectivity index (χ1v) is 13.3. The Bertz CT molecular complexity index is 1040. The van der Waals surface area contributed by atoms with Crippen LogP contribution in [0.5, 0.6) is 0 Å². The van der Waals surface area contributed by atoms with Gasteiger partial charge < -0.3 is 4.90 Å². The second-order valence-corrected chi connectivity index (χ2v) is 12.0. The highest BCUT2D eigenvalue weighted by atomic mass is 35.5. The molecule has 1 saturated heterocycles. The second kappa shape index (κ2) is 9.61. The maximum atomic E-state index is 13.5. The van der Waals surface area contributed by atoms with Crippen LogP contribution in [0.2, 0.25) is 4.34 Å². The van der Waals surface area contributed by atoms with Crippen LogP contribution in [0.15, 0.2) is 23.1 Å². The quantitative estimate of drug-likeness (QED) is 0.576. The molecular weight excluding hydrogens is 452 g/mol. The van der Waals surface area contributed by atoms with Gasteiger partial charge in [0.2, 0.25) is 15.9 Å². The lowest BCUT2D eigenvalue weighted by molar-refractivity contribution is -0.137. The third kappa shape index (κ3) is 5.00. The van der Waals surface area contributed by atoms with E-state index in [1.54, 1.807) is 4.31 Å². The van der Waals surface area contributed by atoms with E-state index in [4.69, 9.17) is 11.6 Å². The Morgan fingerprint density at radius 2 is 1.71 bits per heavy atom. The molecule has 0 radical (unpaired) electrons. The fraction of sp³-hybridized carbons (Fsp3) is 0.522. The van der Waals surface area contributed by atoms with Crippen molar-refractivity contribution in [1.29, 1.82) is 0 Å². The summed E-state index contributed by atoms with van der Waals surface area (Å²) in [5, 5.41) is 0. The molecule has 1 aromatic heterocycles.